The lowest BCUT2D eigenvalue weighted by Crippen LogP contribution is -1.99. The molecular weight excluding hydrogens is 278 g/mol. The lowest BCUT2D eigenvalue weighted by atomic mass is 10.0. The third-order valence-electron chi connectivity index (χ3n) is 3.45. The topological polar surface area (TPSA) is 76.1 Å². The molecule has 6 heteroatoms. The van der Waals surface area contributed by atoms with Gasteiger partial charge in [0, 0.05) is 42.7 Å². The van der Waals surface area contributed by atoms with Gasteiger partial charge in [-0.1, -0.05) is 6.07 Å². The van der Waals surface area contributed by atoms with E-state index in [1.165, 1.54) is 0 Å². The molecule has 0 aliphatic rings. The number of ether oxygens (including phenoxy) is 1. The predicted octanol–water partition coefficient (Wildman–Crippen LogP) is 2.16. The van der Waals surface area contributed by atoms with E-state index in [9.17, 15) is 5.26 Å². The number of pyridine rings is 2. The van der Waals surface area contributed by atoms with Crippen molar-refractivity contribution in [2.24, 2.45) is 0 Å². The van der Waals surface area contributed by atoms with Crippen LogP contribution in [0.25, 0.3) is 16.8 Å². The number of hydrogen-bond donors (Lipinski definition) is 0. The SMILES string of the molecule is COCCc1nc2c(C#N)c(-c3cccnc3)cc(C)n2n1. The van der Waals surface area contributed by atoms with Crippen molar-refractivity contribution in [1.82, 2.24) is 19.6 Å². The van der Waals surface area contributed by atoms with Gasteiger partial charge in [-0.05, 0) is 19.1 Å². The van der Waals surface area contributed by atoms with Gasteiger partial charge < -0.3 is 4.74 Å². The van der Waals surface area contributed by atoms with Crippen LogP contribution in [0, 0.1) is 18.3 Å². The van der Waals surface area contributed by atoms with E-state index in [1.54, 1.807) is 24.0 Å². The van der Waals surface area contributed by atoms with E-state index in [1.807, 2.05) is 25.1 Å². The number of nitriles is 1. The second kappa shape index (κ2) is 5.92. The third kappa shape index (κ3) is 2.43. The predicted molar refractivity (Wildman–Crippen MR) is 81.3 cm³/mol. The summed E-state index contributed by atoms with van der Waals surface area (Å²) in [6, 6.07) is 7.98. The van der Waals surface area contributed by atoms with Crippen molar-refractivity contribution in [1.29, 1.82) is 5.26 Å². The molecular formula is C16H15N5O. The van der Waals surface area contributed by atoms with E-state index in [-0.39, 0.29) is 0 Å². The van der Waals surface area contributed by atoms with Crippen molar-refractivity contribution in [3.05, 3.63) is 47.7 Å². The number of aryl methyl sites for hydroxylation is 1. The smallest absolute Gasteiger partial charge is 0.174 e. The molecule has 0 amide bonds. The molecule has 0 radical (unpaired) electrons. The highest BCUT2D eigenvalue weighted by Gasteiger charge is 2.16. The van der Waals surface area contributed by atoms with E-state index in [0.717, 1.165) is 16.8 Å². The molecule has 0 spiro atoms. The summed E-state index contributed by atoms with van der Waals surface area (Å²) in [4.78, 5) is 8.62. The first kappa shape index (κ1) is 14.2. The largest absolute Gasteiger partial charge is 0.384 e. The molecule has 3 aromatic rings. The molecule has 0 bridgehead atoms. The Morgan fingerprint density at radius 3 is 2.95 bits per heavy atom. The molecule has 0 aromatic carbocycles. The Labute approximate surface area is 128 Å². The fourth-order valence-corrected chi connectivity index (χ4v) is 2.38. The van der Waals surface area contributed by atoms with E-state index < -0.39 is 0 Å². The molecule has 0 N–H and O–H groups in total. The number of hydrogen-bond acceptors (Lipinski definition) is 5. The Balaban J connectivity index is 2.21. The average Bonchev–Trinajstić information content (AvgIpc) is 2.98. The quantitative estimate of drug-likeness (QED) is 0.736. The summed E-state index contributed by atoms with van der Waals surface area (Å²) in [5, 5.41) is 14.0. The minimum atomic E-state index is 0.509. The zero-order valence-corrected chi connectivity index (χ0v) is 12.4. The molecule has 3 rings (SSSR count). The van der Waals surface area contributed by atoms with Gasteiger partial charge in [0.25, 0.3) is 0 Å². The molecule has 3 heterocycles. The highest BCUT2D eigenvalue weighted by molar-refractivity contribution is 5.77. The Bertz CT molecular complexity index is 848. The fraction of sp³-hybridized carbons (Fsp3) is 0.250. The summed E-state index contributed by atoms with van der Waals surface area (Å²) in [5.74, 6) is 0.671. The highest BCUT2D eigenvalue weighted by Crippen LogP contribution is 2.26. The molecule has 0 saturated heterocycles. The molecule has 3 aromatic heterocycles. The Morgan fingerprint density at radius 1 is 1.41 bits per heavy atom. The zero-order valence-electron chi connectivity index (χ0n) is 12.4. The summed E-state index contributed by atoms with van der Waals surface area (Å²) >= 11 is 0. The number of methoxy groups -OCH3 is 1. The molecule has 0 aliphatic carbocycles. The van der Waals surface area contributed by atoms with Crippen LogP contribution in [-0.2, 0) is 11.2 Å². The Morgan fingerprint density at radius 2 is 2.27 bits per heavy atom. The van der Waals surface area contributed by atoms with E-state index in [0.29, 0.717) is 30.1 Å². The van der Waals surface area contributed by atoms with Crippen LogP contribution in [0.2, 0.25) is 0 Å². The van der Waals surface area contributed by atoms with Crippen LogP contribution in [0.1, 0.15) is 17.1 Å². The van der Waals surface area contributed by atoms with Crippen molar-refractivity contribution >= 4 is 5.65 Å². The third-order valence-corrected chi connectivity index (χ3v) is 3.45. The first-order valence-electron chi connectivity index (χ1n) is 6.93. The molecule has 0 aliphatic heterocycles. The summed E-state index contributed by atoms with van der Waals surface area (Å²) in [5.41, 5.74) is 3.73. The summed E-state index contributed by atoms with van der Waals surface area (Å²) in [6.07, 6.45) is 4.07. The van der Waals surface area contributed by atoms with Crippen molar-refractivity contribution < 1.29 is 4.74 Å². The van der Waals surface area contributed by atoms with Gasteiger partial charge in [-0.3, -0.25) is 4.98 Å². The Kier molecular flexibility index (Phi) is 3.81. The maximum absolute atomic E-state index is 9.58. The standard InChI is InChI=1S/C16H15N5O/c1-11-8-13(12-4-3-6-18-10-12)14(9-17)16-19-15(5-7-22-2)20-21(11)16/h3-4,6,8,10H,5,7H2,1-2H3. The van der Waals surface area contributed by atoms with Crippen LogP contribution < -0.4 is 0 Å². The molecule has 0 unspecified atom stereocenters. The maximum atomic E-state index is 9.58. The van der Waals surface area contributed by atoms with Crippen LogP contribution >= 0.6 is 0 Å². The van der Waals surface area contributed by atoms with Gasteiger partial charge in [-0.15, -0.1) is 0 Å². The number of fused-ring (bicyclic) bond motifs is 1. The van der Waals surface area contributed by atoms with Gasteiger partial charge in [-0.2, -0.15) is 10.4 Å². The van der Waals surface area contributed by atoms with Crippen molar-refractivity contribution in [2.75, 3.05) is 13.7 Å². The minimum Gasteiger partial charge on any atom is -0.384 e. The van der Waals surface area contributed by atoms with Crippen LogP contribution in [0.15, 0.2) is 30.6 Å². The van der Waals surface area contributed by atoms with Crippen LogP contribution in [0.5, 0.6) is 0 Å². The molecule has 0 fully saturated rings. The number of nitrogens with zero attached hydrogens (tertiary/aromatic N) is 5. The van der Waals surface area contributed by atoms with Crippen molar-refractivity contribution in [3.63, 3.8) is 0 Å². The van der Waals surface area contributed by atoms with E-state index >= 15 is 0 Å². The second-order valence-electron chi connectivity index (χ2n) is 4.93. The first-order valence-corrected chi connectivity index (χ1v) is 6.93. The maximum Gasteiger partial charge on any atom is 0.174 e. The lowest BCUT2D eigenvalue weighted by molar-refractivity contribution is 0.200. The average molecular weight is 293 g/mol. The van der Waals surface area contributed by atoms with Gasteiger partial charge in [0.2, 0.25) is 0 Å². The zero-order chi connectivity index (χ0) is 15.5. The molecule has 0 atom stereocenters. The van der Waals surface area contributed by atoms with E-state index in [2.05, 4.69) is 21.1 Å². The van der Waals surface area contributed by atoms with Gasteiger partial charge in [0.1, 0.15) is 11.6 Å². The molecule has 110 valence electrons. The van der Waals surface area contributed by atoms with Crippen molar-refractivity contribution in [3.8, 4) is 17.2 Å². The van der Waals surface area contributed by atoms with Crippen LogP contribution in [0.3, 0.4) is 0 Å². The lowest BCUT2D eigenvalue weighted by Gasteiger charge is -2.07. The highest BCUT2D eigenvalue weighted by atomic mass is 16.5. The summed E-state index contributed by atoms with van der Waals surface area (Å²) in [6.45, 7) is 2.50. The summed E-state index contributed by atoms with van der Waals surface area (Å²) < 4.78 is 6.77. The summed E-state index contributed by atoms with van der Waals surface area (Å²) in [7, 11) is 1.64. The minimum absolute atomic E-state index is 0.509. The van der Waals surface area contributed by atoms with Gasteiger partial charge in [0.05, 0.1) is 6.61 Å². The molecule has 6 nitrogen and oxygen atoms in total. The van der Waals surface area contributed by atoms with Crippen LogP contribution in [-0.4, -0.2) is 33.3 Å². The van der Waals surface area contributed by atoms with Gasteiger partial charge in [-0.25, -0.2) is 9.50 Å². The number of aromatic nitrogens is 4. The Hall–Kier alpha value is -2.78. The molecule has 22 heavy (non-hydrogen) atoms. The van der Waals surface area contributed by atoms with Crippen molar-refractivity contribution in [2.45, 2.75) is 13.3 Å². The first-order chi connectivity index (χ1) is 10.7. The van der Waals surface area contributed by atoms with Gasteiger partial charge >= 0.3 is 0 Å². The van der Waals surface area contributed by atoms with E-state index in [4.69, 9.17) is 4.74 Å². The molecule has 0 saturated carbocycles. The van der Waals surface area contributed by atoms with Gasteiger partial charge in [0.15, 0.2) is 11.5 Å². The van der Waals surface area contributed by atoms with Crippen LogP contribution in [0.4, 0.5) is 0 Å². The number of rotatable bonds is 4. The monoisotopic (exact) mass is 293 g/mol. The normalized spacial score (nSPS) is 10.8. The second-order valence-corrected chi connectivity index (χ2v) is 4.93. The fourth-order valence-electron chi connectivity index (χ4n) is 2.38.